The lowest BCUT2D eigenvalue weighted by molar-refractivity contribution is 0.496. The highest BCUT2D eigenvalue weighted by atomic mass is 15.6. The van der Waals surface area contributed by atoms with Crippen LogP contribution in [0.15, 0.2) is 24.3 Å². The SMILES string of the molecule is c1cc(-c2nnn(CCCc3nn[nH]n3)n2)cc(-c2nnn(CCCc3nn[nH]n3)n2)c1. The van der Waals surface area contributed by atoms with Crippen molar-refractivity contribution in [3.63, 3.8) is 0 Å². The fourth-order valence-electron chi connectivity index (χ4n) is 3.04. The van der Waals surface area contributed by atoms with Crippen molar-refractivity contribution in [2.75, 3.05) is 0 Å². The molecule has 0 unspecified atom stereocenters. The molecule has 5 rings (SSSR count). The lowest BCUT2D eigenvalue weighted by atomic mass is 10.1. The fraction of sp³-hybridized carbons (Fsp3) is 0.375. The molecule has 0 radical (unpaired) electrons. The van der Waals surface area contributed by atoms with Crippen molar-refractivity contribution in [1.82, 2.24) is 81.7 Å². The van der Waals surface area contributed by atoms with Crippen LogP contribution in [0.2, 0.25) is 0 Å². The van der Waals surface area contributed by atoms with Gasteiger partial charge in [-0.05, 0) is 29.3 Å². The first kappa shape index (κ1) is 19.5. The maximum atomic E-state index is 4.45. The monoisotopic (exact) mass is 434 g/mol. The molecule has 0 aliphatic carbocycles. The molecule has 0 bridgehead atoms. The van der Waals surface area contributed by atoms with Gasteiger partial charge in [0.2, 0.25) is 11.6 Å². The van der Waals surface area contributed by atoms with Crippen LogP contribution in [0.5, 0.6) is 0 Å². The number of benzene rings is 1. The smallest absolute Gasteiger partial charge is 0.177 e. The molecule has 5 aromatic rings. The van der Waals surface area contributed by atoms with E-state index in [0.29, 0.717) is 49.2 Å². The van der Waals surface area contributed by atoms with Crippen LogP contribution in [0.4, 0.5) is 0 Å². The Bertz CT molecular complexity index is 1140. The van der Waals surface area contributed by atoms with Gasteiger partial charge in [-0.2, -0.15) is 20.0 Å². The van der Waals surface area contributed by atoms with Crippen molar-refractivity contribution in [2.45, 2.75) is 38.8 Å². The summed E-state index contributed by atoms with van der Waals surface area (Å²) in [7, 11) is 0. The van der Waals surface area contributed by atoms with Crippen LogP contribution in [-0.2, 0) is 25.9 Å². The van der Waals surface area contributed by atoms with Crippen LogP contribution in [0.3, 0.4) is 0 Å². The van der Waals surface area contributed by atoms with Gasteiger partial charge >= 0.3 is 0 Å². The summed E-state index contributed by atoms with van der Waals surface area (Å²) in [4.78, 5) is 3.11. The molecule has 0 amide bonds. The maximum Gasteiger partial charge on any atom is 0.204 e. The Hall–Kier alpha value is -4.50. The first-order valence-corrected chi connectivity index (χ1v) is 9.94. The average Bonchev–Trinajstić information content (AvgIpc) is 3.62. The molecule has 16 heteroatoms. The Balaban J connectivity index is 1.20. The zero-order chi connectivity index (χ0) is 21.6. The first-order chi connectivity index (χ1) is 15.8. The standard InChI is InChI=1S/C16H18N16/c1-4-11(15-21-29-31(23-15)8-2-6-13-17-25-26-18-13)10-12(5-1)16-22-30-32(24-16)9-3-7-14-19-27-28-20-14/h1,4-5,10H,2-3,6-9H2,(H,17,18,25,26)(H,19,20,27,28). The number of aryl methyl sites for hydroxylation is 4. The number of hydrogen-bond acceptors (Lipinski definition) is 12. The summed E-state index contributed by atoms with van der Waals surface area (Å²) >= 11 is 0. The van der Waals surface area contributed by atoms with Crippen molar-refractivity contribution < 1.29 is 0 Å². The lowest BCUT2D eigenvalue weighted by Gasteiger charge is -1.99. The van der Waals surface area contributed by atoms with E-state index in [1.54, 1.807) is 9.59 Å². The van der Waals surface area contributed by atoms with E-state index in [1.165, 1.54) is 0 Å². The van der Waals surface area contributed by atoms with E-state index >= 15 is 0 Å². The normalized spacial score (nSPS) is 11.2. The third kappa shape index (κ3) is 4.63. The second-order valence-electron chi connectivity index (χ2n) is 6.86. The zero-order valence-corrected chi connectivity index (χ0v) is 16.8. The van der Waals surface area contributed by atoms with Gasteiger partial charge in [0.05, 0.1) is 13.1 Å². The van der Waals surface area contributed by atoms with Crippen molar-refractivity contribution in [3.05, 3.63) is 35.9 Å². The second kappa shape index (κ2) is 9.11. The third-order valence-electron chi connectivity index (χ3n) is 4.58. The lowest BCUT2D eigenvalue weighted by Crippen LogP contribution is -2.04. The summed E-state index contributed by atoms with van der Waals surface area (Å²) in [6.07, 6.45) is 2.91. The van der Waals surface area contributed by atoms with Crippen molar-refractivity contribution in [1.29, 1.82) is 0 Å². The number of rotatable bonds is 10. The van der Waals surface area contributed by atoms with Gasteiger partial charge in [0.25, 0.3) is 0 Å². The van der Waals surface area contributed by atoms with E-state index in [-0.39, 0.29) is 0 Å². The molecular weight excluding hydrogens is 416 g/mol. The highest BCUT2D eigenvalue weighted by Gasteiger charge is 2.11. The molecular formula is C16H18N16. The molecule has 162 valence electrons. The quantitative estimate of drug-likeness (QED) is 0.280. The summed E-state index contributed by atoms with van der Waals surface area (Å²) in [5, 5.41) is 53.1. The molecule has 0 atom stereocenters. The van der Waals surface area contributed by atoms with Gasteiger partial charge < -0.3 is 0 Å². The highest BCUT2D eigenvalue weighted by molar-refractivity contribution is 5.65. The summed E-state index contributed by atoms with van der Waals surface area (Å²) in [6, 6.07) is 7.65. The van der Waals surface area contributed by atoms with E-state index in [9.17, 15) is 0 Å². The molecule has 4 heterocycles. The number of nitrogens with one attached hydrogen (secondary N) is 2. The first-order valence-electron chi connectivity index (χ1n) is 9.94. The molecule has 1 aromatic carbocycles. The molecule has 0 saturated carbocycles. The highest BCUT2D eigenvalue weighted by Crippen LogP contribution is 2.21. The Kier molecular flexibility index (Phi) is 5.54. The van der Waals surface area contributed by atoms with Gasteiger partial charge in [-0.1, -0.05) is 28.6 Å². The van der Waals surface area contributed by atoms with Crippen LogP contribution in [-0.4, -0.2) is 81.7 Å². The molecule has 16 nitrogen and oxygen atoms in total. The number of aromatic amines is 2. The minimum absolute atomic E-state index is 0.527. The van der Waals surface area contributed by atoms with Crippen LogP contribution >= 0.6 is 0 Å². The molecule has 32 heavy (non-hydrogen) atoms. The average molecular weight is 434 g/mol. The molecule has 4 aromatic heterocycles. The number of tetrazole rings is 4. The summed E-state index contributed by atoms with van der Waals surface area (Å²) in [5.41, 5.74) is 1.64. The Labute approximate surface area is 179 Å². The summed E-state index contributed by atoms with van der Waals surface area (Å²) < 4.78 is 0. The molecule has 0 spiro atoms. The van der Waals surface area contributed by atoms with Gasteiger partial charge in [-0.15, -0.1) is 40.8 Å². The van der Waals surface area contributed by atoms with Gasteiger partial charge in [-0.25, -0.2) is 0 Å². The predicted molar refractivity (Wildman–Crippen MR) is 105 cm³/mol. The van der Waals surface area contributed by atoms with Crippen LogP contribution in [0.1, 0.15) is 24.5 Å². The van der Waals surface area contributed by atoms with Crippen molar-refractivity contribution in [2.24, 2.45) is 0 Å². The summed E-state index contributed by atoms with van der Waals surface area (Å²) in [6.45, 7) is 1.20. The van der Waals surface area contributed by atoms with E-state index in [0.717, 1.165) is 24.0 Å². The molecule has 0 saturated heterocycles. The van der Waals surface area contributed by atoms with E-state index in [2.05, 4.69) is 72.1 Å². The fourth-order valence-corrected chi connectivity index (χ4v) is 3.04. The molecule has 0 aliphatic rings. The van der Waals surface area contributed by atoms with Crippen LogP contribution in [0, 0.1) is 0 Å². The molecule has 2 N–H and O–H groups in total. The van der Waals surface area contributed by atoms with Gasteiger partial charge in [-0.3, -0.25) is 0 Å². The Morgan fingerprint density at radius 2 is 1.22 bits per heavy atom. The largest absolute Gasteiger partial charge is 0.204 e. The number of nitrogens with zero attached hydrogens (tertiary/aromatic N) is 14. The van der Waals surface area contributed by atoms with Crippen molar-refractivity contribution >= 4 is 0 Å². The third-order valence-corrected chi connectivity index (χ3v) is 4.58. The second-order valence-corrected chi connectivity index (χ2v) is 6.86. The van der Waals surface area contributed by atoms with Gasteiger partial charge in [0, 0.05) is 24.0 Å². The molecule has 0 aliphatic heterocycles. The maximum absolute atomic E-state index is 4.45. The summed E-state index contributed by atoms with van der Waals surface area (Å²) in [5.74, 6) is 2.37. The van der Waals surface area contributed by atoms with Gasteiger partial charge in [0.1, 0.15) is 0 Å². The van der Waals surface area contributed by atoms with Crippen LogP contribution < -0.4 is 0 Å². The minimum atomic E-state index is 0.527. The van der Waals surface area contributed by atoms with E-state index in [1.807, 2.05) is 24.3 Å². The Morgan fingerprint density at radius 3 is 1.69 bits per heavy atom. The minimum Gasteiger partial charge on any atom is -0.177 e. The number of aromatic nitrogens is 16. The van der Waals surface area contributed by atoms with Crippen molar-refractivity contribution in [3.8, 4) is 22.8 Å². The Morgan fingerprint density at radius 1 is 0.688 bits per heavy atom. The van der Waals surface area contributed by atoms with Gasteiger partial charge in [0.15, 0.2) is 11.6 Å². The number of H-pyrrole nitrogens is 2. The predicted octanol–water partition coefficient (Wildman–Crippen LogP) is -0.715. The molecule has 0 fully saturated rings. The zero-order valence-electron chi connectivity index (χ0n) is 16.8. The van der Waals surface area contributed by atoms with Crippen LogP contribution in [0.25, 0.3) is 22.8 Å². The topological polar surface area (TPSA) is 196 Å². The number of hydrogen-bond donors (Lipinski definition) is 2. The van der Waals surface area contributed by atoms with E-state index < -0.39 is 0 Å². The van der Waals surface area contributed by atoms with E-state index in [4.69, 9.17) is 0 Å².